The summed E-state index contributed by atoms with van der Waals surface area (Å²) in [6, 6.07) is 13.0. The minimum atomic E-state index is 0.0391. The molecular formula is C20H23NO. The number of rotatable bonds is 3. The molecule has 0 N–H and O–H groups in total. The van der Waals surface area contributed by atoms with E-state index < -0.39 is 0 Å². The van der Waals surface area contributed by atoms with Crippen molar-refractivity contribution in [2.75, 3.05) is 11.4 Å². The molecule has 2 aromatic rings. The summed E-state index contributed by atoms with van der Waals surface area (Å²) in [6.07, 6.45) is 1.08. The van der Waals surface area contributed by atoms with Gasteiger partial charge in [0.25, 0.3) is 0 Å². The number of benzene rings is 2. The Morgan fingerprint density at radius 3 is 2.41 bits per heavy atom. The summed E-state index contributed by atoms with van der Waals surface area (Å²) in [5, 5.41) is 0. The Labute approximate surface area is 132 Å². The van der Waals surface area contributed by atoms with Gasteiger partial charge in [-0.3, -0.25) is 0 Å². The summed E-state index contributed by atoms with van der Waals surface area (Å²) in [5.41, 5.74) is 7.72. The third-order valence-electron chi connectivity index (χ3n) is 4.76. The Balaban J connectivity index is 2.12. The quantitative estimate of drug-likeness (QED) is 0.766. The van der Waals surface area contributed by atoms with E-state index in [4.69, 9.17) is 0 Å². The van der Waals surface area contributed by atoms with Crippen molar-refractivity contribution in [2.45, 2.75) is 33.6 Å². The maximum absolute atomic E-state index is 11.3. The van der Waals surface area contributed by atoms with Crippen molar-refractivity contribution in [3.63, 3.8) is 0 Å². The lowest BCUT2D eigenvalue weighted by molar-refractivity contribution is -0.111. The van der Waals surface area contributed by atoms with Crippen LogP contribution in [0.2, 0.25) is 0 Å². The van der Waals surface area contributed by atoms with Crippen molar-refractivity contribution in [2.24, 2.45) is 5.92 Å². The highest BCUT2D eigenvalue weighted by Crippen LogP contribution is 2.45. The van der Waals surface area contributed by atoms with Crippen molar-refractivity contribution < 1.29 is 4.79 Å². The molecule has 2 atom stereocenters. The van der Waals surface area contributed by atoms with E-state index in [2.05, 4.69) is 62.1 Å². The highest BCUT2D eigenvalue weighted by Gasteiger charge is 2.33. The Morgan fingerprint density at radius 2 is 1.77 bits per heavy atom. The van der Waals surface area contributed by atoms with Crippen molar-refractivity contribution in [1.82, 2.24) is 0 Å². The van der Waals surface area contributed by atoms with E-state index >= 15 is 0 Å². The molecule has 1 aliphatic heterocycles. The second-order valence-corrected chi connectivity index (χ2v) is 6.52. The predicted molar refractivity (Wildman–Crippen MR) is 92.1 cm³/mol. The molecule has 0 aliphatic carbocycles. The van der Waals surface area contributed by atoms with Gasteiger partial charge in [0.05, 0.1) is 0 Å². The molecule has 1 aliphatic rings. The summed E-state index contributed by atoms with van der Waals surface area (Å²) >= 11 is 0. The van der Waals surface area contributed by atoms with Gasteiger partial charge in [0, 0.05) is 29.8 Å². The van der Waals surface area contributed by atoms with E-state index in [1.54, 1.807) is 0 Å². The van der Waals surface area contributed by atoms with Gasteiger partial charge >= 0.3 is 0 Å². The number of hydrogen-bond acceptors (Lipinski definition) is 2. The first-order valence-corrected chi connectivity index (χ1v) is 7.92. The monoisotopic (exact) mass is 293 g/mol. The molecule has 0 fully saturated rings. The van der Waals surface area contributed by atoms with Gasteiger partial charge in [0.2, 0.25) is 0 Å². The zero-order chi connectivity index (χ0) is 15.9. The fraction of sp³-hybridized carbons (Fsp3) is 0.350. The van der Waals surface area contributed by atoms with E-state index in [0.717, 1.165) is 12.8 Å². The van der Waals surface area contributed by atoms with Gasteiger partial charge in [-0.15, -0.1) is 0 Å². The summed E-state index contributed by atoms with van der Waals surface area (Å²) in [5.74, 6) is 0.311. The number of aldehydes is 1. The van der Waals surface area contributed by atoms with Crippen LogP contribution in [0.15, 0.2) is 36.4 Å². The van der Waals surface area contributed by atoms with E-state index in [9.17, 15) is 4.79 Å². The summed E-state index contributed by atoms with van der Waals surface area (Å²) in [6.45, 7) is 9.39. The maximum Gasteiger partial charge on any atom is 0.123 e. The van der Waals surface area contributed by atoms with Gasteiger partial charge in [-0.2, -0.15) is 0 Å². The van der Waals surface area contributed by atoms with Gasteiger partial charge in [0.15, 0.2) is 0 Å². The first-order chi connectivity index (χ1) is 10.5. The molecule has 2 heteroatoms. The highest BCUT2D eigenvalue weighted by atomic mass is 16.1. The molecule has 2 nitrogen and oxygen atoms in total. The predicted octanol–water partition coefficient (Wildman–Crippen LogP) is 4.68. The second-order valence-electron chi connectivity index (χ2n) is 6.52. The van der Waals surface area contributed by atoms with Crippen LogP contribution in [0.3, 0.4) is 0 Å². The van der Waals surface area contributed by atoms with Gasteiger partial charge in [0.1, 0.15) is 6.29 Å². The van der Waals surface area contributed by atoms with Crippen LogP contribution >= 0.6 is 0 Å². The van der Waals surface area contributed by atoms with Crippen LogP contribution in [0.1, 0.15) is 35.1 Å². The van der Waals surface area contributed by atoms with E-state index in [0.29, 0.717) is 0 Å². The lowest BCUT2D eigenvalue weighted by atomic mass is 9.90. The molecule has 2 unspecified atom stereocenters. The van der Waals surface area contributed by atoms with Crippen LogP contribution in [0.4, 0.5) is 11.4 Å². The fourth-order valence-electron chi connectivity index (χ4n) is 3.79. The van der Waals surface area contributed by atoms with Crippen LogP contribution in [0, 0.1) is 26.7 Å². The van der Waals surface area contributed by atoms with E-state index in [-0.39, 0.29) is 11.8 Å². The minimum Gasteiger partial charge on any atom is -0.340 e. The molecule has 0 spiro atoms. The molecule has 0 aromatic heterocycles. The van der Waals surface area contributed by atoms with Crippen LogP contribution in [-0.4, -0.2) is 12.8 Å². The van der Waals surface area contributed by atoms with Crippen LogP contribution < -0.4 is 4.90 Å². The first-order valence-electron chi connectivity index (χ1n) is 7.92. The number of carbonyl (C=O) groups is 1. The third-order valence-corrected chi connectivity index (χ3v) is 4.76. The first kappa shape index (κ1) is 14.8. The van der Waals surface area contributed by atoms with E-state index in [1.165, 1.54) is 33.6 Å². The molecule has 0 radical (unpaired) electrons. The number of nitrogens with zero attached hydrogens (tertiary/aromatic N) is 1. The van der Waals surface area contributed by atoms with Crippen molar-refractivity contribution in [1.29, 1.82) is 0 Å². The highest BCUT2D eigenvalue weighted by molar-refractivity contribution is 5.76. The van der Waals surface area contributed by atoms with Gasteiger partial charge in [-0.25, -0.2) is 0 Å². The molecule has 1 heterocycles. The molecule has 0 saturated heterocycles. The van der Waals surface area contributed by atoms with Crippen LogP contribution in [-0.2, 0) is 4.79 Å². The molecular weight excluding hydrogens is 270 g/mol. The molecule has 0 amide bonds. The second kappa shape index (κ2) is 5.60. The third kappa shape index (κ3) is 2.33. The lowest BCUT2D eigenvalue weighted by Gasteiger charge is -2.25. The van der Waals surface area contributed by atoms with Gasteiger partial charge < -0.3 is 9.69 Å². The maximum atomic E-state index is 11.3. The summed E-state index contributed by atoms with van der Waals surface area (Å²) in [4.78, 5) is 13.7. The average Bonchev–Trinajstić information content (AvgIpc) is 2.85. The molecule has 114 valence electrons. The Kier molecular flexibility index (Phi) is 3.78. The molecule has 2 aromatic carbocycles. The average molecular weight is 293 g/mol. The molecule has 22 heavy (non-hydrogen) atoms. The zero-order valence-corrected chi connectivity index (χ0v) is 13.8. The number of para-hydroxylation sites is 1. The SMILES string of the molecule is Cc1cc(C)c(N2CC(C(C)C=O)c3ccccc32)c(C)c1. The normalized spacial score (nSPS) is 18.2. The standard InChI is InChI=1S/C20H23NO/c1-13-9-14(2)20(15(3)10-13)21-11-18(16(4)12-22)17-7-5-6-8-19(17)21/h5-10,12,16,18H,11H2,1-4H3. The van der Waals surface area contributed by atoms with Crippen LogP contribution in [0.5, 0.6) is 0 Å². The van der Waals surface area contributed by atoms with Crippen molar-refractivity contribution in [3.8, 4) is 0 Å². The number of anilines is 2. The smallest absolute Gasteiger partial charge is 0.123 e. The van der Waals surface area contributed by atoms with Crippen LogP contribution in [0.25, 0.3) is 0 Å². The fourth-order valence-corrected chi connectivity index (χ4v) is 3.79. The minimum absolute atomic E-state index is 0.0391. The number of aryl methyl sites for hydroxylation is 3. The Hall–Kier alpha value is -2.09. The number of fused-ring (bicyclic) bond motifs is 1. The Bertz CT molecular complexity index is 696. The zero-order valence-electron chi connectivity index (χ0n) is 13.8. The molecule has 0 saturated carbocycles. The Morgan fingerprint density at radius 1 is 1.14 bits per heavy atom. The largest absolute Gasteiger partial charge is 0.340 e. The van der Waals surface area contributed by atoms with E-state index in [1.807, 2.05) is 6.92 Å². The summed E-state index contributed by atoms with van der Waals surface area (Å²) < 4.78 is 0. The summed E-state index contributed by atoms with van der Waals surface area (Å²) in [7, 11) is 0. The number of carbonyl (C=O) groups excluding carboxylic acids is 1. The number of hydrogen-bond donors (Lipinski definition) is 0. The topological polar surface area (TPSA) is 20.3 Å². The van der Waals surface area contributed by atoms with Gasteiger partial charge in [-0.05, 0) is 43.5 Å². The van der Waals surface area contributed by atoms with Crippen molar-refractivity contribution in [3.05, 3.63) is 58.7 Å². The van der Waals surface area contributed by atoms with Gasteiger partial charge in [-0.1, -0.05) is 42.8 Å². The van der Waals surface area contributed by atoms with Crippen molar-refractivity contribution >= 4 is 17.7 Å². The molecule has 0 bridgehead atoms. The lowest BCUT2D eigenvalue weighted by Crippen LogP contribution is -2.21. The molecule has 3 rings (SSSR count).